The molecule has 28 heavy (non-hydrogen) atoms. The van der Waals surface area contributed by atoms with Gasteiger partial charge in [0.05, 0.1) is 0 Å². The van der Waals surface area contributed by atoms with E-state index in [9.17, 15) is 0 Å². The van der Waals surface area contributed by atoms with Crippen molar-refractivity contribution in [1.29, 1.82) is 0 Å². The fourth-order valence-corrected chi connectivity index (χ4v) is 5.53. The first-order chi connectivity index (χ1) is 13.0. The van der Waals surface area contributed by atoms with Crippen LogP contribution in [0, 0.1) is 12.2 Å². The van der Waals surface area contributed by atoms with E-state index in [2.05, 4.69) is 38.2 Å². The van der Waals surface area contributed by atoms with Crippen LogP contribution in [-0.4, -0.2) is 6.69 Å². The van der Waals surface area contributed by atoms with Crippen molar-refractivity contribution in [2.75, 3.05) is 0 Å². The minimum Gasteiger partial charge on any atom is -0.273 e. The molecule has 4 rings (SSSR count). The van der Waals surface area contributed by atoms with Gasteiger partial charge in [-0.1, -0.05) is 60.7 Å². The molecule has 0 saturated carbocycles. The third-order valence-corrected chi connectivity index (χ3v) is 8.75. The van der Waals surface area contributed by atoms with Crippen LogP contribution in [0.2, 0.25) is 0 Å². The molecule has 0 radical (unpaired) electrons. The van der Waals surface area contributed by atoms with Gasteiger partial charge in [0.25, 0.3) is 0 Å². The van der Waals surface area contributed by atoms with Crippen LogP contribution in [-0.2, 0) is 21.7 Å². The number of benzene rings is 2. The molecule has 0 atom stereocenters. The summed E-state index contributed by atoms with van der Waals surface area (Å²) >= 11 is 13.0. The number of rotatable bonds is 2. The van der Waals surface area contributed by atoms with E-state index >= 15 is 0 Å². The molecule has 142 valence electrons. The molecule has 2 aromatic carbocycles. The van der Waals surface area contributed by atoms with Crippen molar-refractivity contribution in [3.63, 3.8) is 0 Å². The first kappa shape index (κ1) is 24.9. The van der Waals surface area contributed by atoms with E-state index < -0.39 is 6.69 Å². The number of hydrogen-bond donors (Lipinski definition) is 0. The molecular formula is C24H24Cl2SiTi. The van der Waals surface area contributed by atoms with Crippen LogP contribution in [0.4, 0.5) is 0 Å². The van der Waals surface area contributed by atoms with Gasteiger partial charge in [0.2, 0.25) is 0 Å². The first-order valence-electron chi connectivity index (χ1n) is 8.95. The zero-order valence-electron chi connectivity index (χ0n) is 16.3. The molecular weight excluding hydrogens is 435 g/mol. The van der Waals surface area contributed by atoms with Crippen LogP contribution >= 0.6 is 22.2 Å². The molecule has 0 aromatic heterocycles. The Hall–Kier alpha value is -1.09. The summed E-state index contributed by atoms with van der Waals surface area (Å²) in [4.78, 5) is 0. The van der Waals surface area contributed by atoms with Gasteiger partial charge in [0.1, 0.15) is 0 Å². The normalized spacial score (nSPS) is 14.0. The van der Waals surface area contributed by atoms with Crippen molar-refractivity contribution < 1.29 is 21.7 Å². The average molecular weight is 459 g/mol. The summed E-state index contributed by atoms with van der Waals surface area (Å²) < 4.78 is 0. The largest absolute Gasteiger partial charge is 2.00 e. The fraction of sp³-hybridized carbons (Fsp3) is 0.167. The maximum absolute atomic E-state index is 6.49. The molecule has 0 fully saturated rings. The van der Waals surface area contributed by atoms with Crippen molar-refractivity contribution in [2.24, 2.45) is 0 Å². The van der Waals surface area contributed by atoms with Gasteiger partial charge in [-0.15, -0.1) is 48.8 Å². The van der Waals surface area contributed by atoms with Gasteiger partial charge in [0.15, 0.2) is 0 Å². The van der Waals surface area contributed by atoms with Crippen LogP contribution in [0.25, 0.3) is 0 Å². The van der Waals surface area contributed by atoms with E-state index in [4.69, 9.17) is 22.2 Å². The Labute approximate surface area is 195 Å². The van der Waals surface area contributed by atoms with Crippen molar-refractivity contribution >= 4 is 39.2 Å². The summed E-state index contributed by atoms with van der Waals surface area (Å²) in [6.45, 7) is 1.66. The Balaban J connectivity index is 0.000000249. The van der Waals surface area contributed by atoms with Crippen molar-refractivity contribution in [2.45, 2.75) is 26.7 Å². The molecule has 2 aliphatic carbocycles. The maximum Gasteiger partial charge on any atom is 2.00 e. The predicted octanol–water partition coefficient (Wildman–Crippen LogP) is 6.11. The van der Waals surface area contributed by atoms with Crippen LogP contribution in [0.1, 0.15) is 26.7 Å². The average Bonchev–Trinajstić information content (AvgIpc) is 3.38. The smallest absolute Gasteiger partial charge is 0.273 e. The van der Waals surface area contributed by atoms with Gasteiger partial charge in [-0.3, -0.25) is 12.2 Å². The fourth-order valence-electron chi connectivity index (χ4n) is 2.46. The topological polar surface area (TPSA) is 0 Å². The molecule has 2 aromatic rings. The zero-order chi connectivity index (χ0) is 19.5. The second kappa shape index (κ2) is 13.2. The Morgan fingerprint density at radius 1 is 0.679 bits per heavy atom. The molecule has 4 heteroatoms. The van der Waals surface area contributed by atoms with Gasteiger partial charge < -0.3 is 0 Å². The second-order valence-electron chi connectivity index (χ2n) is 6.31. The quantitative estimate of drug-likeness (QED) is 0.289. The van der Waals surface area contributed by atoms with Gasteiger partial charge in [0, 0.05) is 0 Å². The van der Waals surface area contributed by atoms with E-state index in [-0.39, 0.29) is 21.7 Å². The maximum atomic E-state index is 6.49. The molecule has 0 N–H and O–H groups in total. The molecule has 0 unspecified atom stereocenters. The second-order valence-corrected chi connectivity index (χ2v) is 12.6. The molecule has 0 bridgehead atoms. The Kier molecular flexibility index (Phi) is 11.8. The molecule has 0 aliphatic heterocycles. The number of halogens is 2. The summed E-state index contributed by atoms with van der Waals surface area (Å²) in [5.41, 5.74) is 2.69. The monoisotopic (exact) mass is 458 g/mol. The molecule has 0 nitrogen and oxygen atoms in total. The summed E-state index contributed by atoms with van der Waals surface area (Å²) in [6, 6.07) is 19.7. The summed E-state index contributed by atoms with van der Waals surface area (Å²) in [7, 11) is 0. The summed E-state index contributed by atoms with van der Waals surface area (Å²) in [5, 5.41) is 2.05. The van der Waals surface area contributed by atoms with Gasteiger partial charge in [-0.2, -0.15) is 12.2 Å². The van der Waals surface area contributed by atoms with Gasteiger partial charge in [-0.05, 0) is 10.4 Å². The molecule has 0 heterocycles. The summed E-state index contributed by atoms with van der Waals surface area (Å²) in [6.07, 6.45) is 16.5. The first-order valence-corrected chi connectivity index (χ1v) is 13.0. The van der Waals surface area contributed by atoms with Crippen molar-refractivity contribution in [3.05, 3.63) is 108 Å². The minimum absolute atomic E-state index is 0. The minimum atomic E-state index is -2.51. The van der Waals surface area contributed by atoms with E-state index in [1.807, 2.05) is 72.8 Å². The van der Waals surface area contributed by atoms with Crippen LogP contribution in [0.15, 0.2) is 96.1 Å². The molecule has 0 amide bonds. The number of allylic oxidation sites excluding steroid dienone is 8. The Bertz CT molecular complexity index is 747. The van der Waals surface area contributed by atoms with E-state index in [1.54, 1.807) is 0 Å². The number of hydrogen-bond acceptors (Lipinski definition) is 0. The molecule has 0 spiro atoms. The Morgan fingerprint density at radius 3 is 1.25 bits per heavy atom. The SMILES string of the molecule is CC1=CC[C-]=C1.CC1=CC[C-]=C1.Cl[Si](Cl)(c1ccccc1)c1ccccc1.[Ti+2]. The van der Waals surface area contributed by atoms with Crippen LogP contribution in [0.3, 0.4) is 0 Å². The van der Waals surface area contributed by atoms with Gasteiger partial charge >= 0.3 is 28.4 Å². The standard InChI is InChI=1S/C12H10Cl2Si.2C6H7.Ti/c13-15(14,11-7-3-1-4-8-11)12-9-5-2-6-10-12;2*1-6-4-2-3-5-6;/h1-10H;2*4-5H,2H2,1H3;/q;2*-1;+2. The van der Waals surface area contributed by atoms with Crippen LogP contribution in [0.5, 0.6) is 0 Å². The van der Waals surface area contributed by atoms with Crippen molar-refractivity contribution in [3.8, 4) is 0 Å². The third kappa shape index (κ3) is 8.51. The zero-order valence-corrected chi connectivity index (χ0v) is 20.3. The van der Waals surface area contributed by atoms with E-state index in [1.165, 1.54) is 11.1 Å². The van der Waals surface area contributed by atoms with Gasteiger partial charge in [-0.25, -0.2) is 23.3 Å². The molecule has 0 saturated heterocycles. The van der Waals surface area contributed by atoms with Crippen LogP contribution < -0.4 is 10.4 Å². The van der Waals surface area contributed by atoms with E-state index in [0.29, 0.717) is 0 Å². The predicted molar refractivity (Wildman–Crippen MR) is 122 cm³/mol. The van der Waals surface area contributed by atoms with Crippen molar-refractivity contribution in [1.82, 2.24) is 0 Å². The van der Waals surface area contributed by atoms with E-state index in [0.717, 1.165) is 23.2 Å². The summed E-state index contributed by atoms with van der Waals surface area (Å²) in [5.74, 6) is 0. The molecule has 2 aliphatic rings. The third-order valence-electron chi connectivity index (χ3n) is 4.02. The Morgan fingerprint density at radius 2 is 1.04 bits per heavy atom.